The molecule has 0 aliphatic heterocycles. The smallest absolute Gasteiger partial charge is 0.333 e. The highest BCUT2D eigenvalue weighted by Crippen LogP contribution is 2.33. The van der Waals surface area contributed by atoms with E-state index < -0.39 is 38.9 Å². The van der Waals surface area contributed by atoms with Crippen LogP contribution in [-0.2, 0) is 24.4 Å². The van der Waals surface area contributed by atoms with Crippen molar-refractivity contribution in [2.45, 2.75) is 69.0 Å². The SMILES string of the molecule is CCOC(=O)C1=C[C@@H](OC(CC)CC)[C@H](O)[C@@](O)(N=Cc2ccccc2S(=O)(=O)O)C1. The Balaban J connectivity index is 2.44. The molecule has 172 valence electrons. The average molecular weight is 456 g/mol. The van der Waals surface area contributed by atoms with Crippen molar-refractivity contribution in [1.29, 1.82) is 0 Å². The van der Waals surface area contributed by atoms with E-state index >= 15 is 0 Å². The topological polar surface area (TPSA) is 143 Å². The Hall–Kier alpha value is -2.11. The maximum absolute atomic E-state index is 12.3. The number of carbonyl (C=O) groups is 1. The van der Waals surface area contributed by atoms with Crippen LogP contribution in [0.5, 0.6) is 0 Å². The summed E-state index contributed by atoms with van der Waals surface area (Å²) in [4.78, 5) is 15.9. The van der Waals surface area contributed by atoms with E-state index in [1.165, 1.54) is 30.3 Å². The van der Waals surface area contributed by atoms with E-state index in [0.717, 1.165) is 6.21 Å². The van der Waals surface area contributed by atoms with Gasteiger partial charge >= 0.3 is 5.97 Å². The lowest BCUT2D eigenvalue weighted by molar-refractivity contribution is -0.154. The molecule has 1 aliphatic carbocycles. The molecule has 31 heavy (non-hydrogen) atoms. The molecule has 0 bridgehead atoms. The van der Waals surface area contributed by atoms with Gasteiger partial charge in [0.2, 0.25) is 0 Å². The fourth-order valence-corrected chi connectivity index (χ4v) is 3.97. The van der Waals surface area contributed by atoms with Gasteiger partial charge in [0.15, 0.2) is 5.72 Å². The van der Waals surface area contributed by atoms with Crippen molar-refractivity contribution in [3.05, 3.63) is 41.5 Å². The van der Waals surface area contributed by atoms with Crippen LogP contribution in [0.3, 0.4) is 0 Å². The Morgan fingerprint density at radius 3 is 2.52 bits per heavy atom. The van der Waals surface area contributed by atoms with E-state index in [1.54, 1.807) is 6.92 Å². The fourth-order valence-electron chi connectivity index (χ4n) is 3.30. The number of nitrogens with zero attached hydrogens (tertiary/aromatic N) is 1. The molecule has 1 aromatic rings. The summed E-state index contributed by atoms with van der Waals surface area (Å²) in [5.74, 6) is -0.667. The van der Waals surface area contributed by atoms with Crippen LogP contribution in [0.15, 0.2) is 45.8 Å². The maximum atomic E-state index is 12.3. The zero-order valence-electron chi connectivity index (χ0n) is 17.8. The van der Waals surface area contributed by atoms with Crippen molar-refractivity contribution in [2.75, 3.05) is 6.61 Å². The molecule has 3 N–H and O–H groups in total. The fraction of sp³-hybridized carbons (Fsp3) is 0.524. The van der Waals surface area contributed by atoms with E-state index in [-0.39, 0.29) is 30.3 Å². The molecule has 3 atom stereocenters. The number of benzene rings is 1. The minimum Gasteiger partial charge on any atom is -0.463 e. The summed E-state index contributed by atoms with van der Waals surface area (Å²) in [7, 11) is -4.53. The Kier molecular flexibility index (Phi) is 8.49. The Morgan fingerprint density at radius 2 is 1.94 bits per heavy atom. The summed E-state index contributed by atoms with van der Waals surface area (Å²) in [6.45, 7) is 5.59. The minimum absolute atomic E-state index is 0.00956. The molecule has 1 aromatic carbocycles. The van der Waals surface area contributed by atoms with E-state index in [0.29, 0.717) is 12.8 Å². The summed E-state index contributed by atoms with van der Waals surface area (Å²) in [5, 5.41) is 21.9. The van der Waals surface area contributed by atoms with Crippen molar-refractivity contribution in [2.24, 2.45) is 4.99 Å². The number of rotatable bonds is 9. The molecule has 0 saturated carbocycles. The molecule has 0 amide bonds. The highest BCUT2D eigenvalue weighted by atomic mass is 32.2. The first kappa shape index (κ1) is 25.2. The number of aliphatic hydroxyl groups excluding tert-OH is 1. The molecule has 0 saturated heterocycles. The van der Waals surface area contributed by atoms with Crippen LogP contribution in [0.25, 0.3) is 0 Å². The molecule has 0 spiro atoms. The van der Waals surface area contributed by atoms with Crippen molar-refractivity contribution < 1.29 is 37.5 Å². The van der Waals surface area contributed by atoms with Crippen molar-refractivity contribution in [1.82, 2.24) is 0 Å². The van der Waals surface area contributed by atoms with Gasteiger partial charge in [-0.15, -0.1) is 0 Å². The van der Waals surface area contributed by atoms with Gasteiger partial charge in [-0.2, -0.15) is 8.42 Å². The Labute approximate surface area is 182 Å². The molecule has 0 unspecified atom stereocenters. The number of hydrogen-bond acceptors (Lipinski definition) is 8. The van der Waals surface area contributed by atoms with Crippen LogP contribution in [-0.4, -0.2) is 66.0 Å². The Bertz CT molecular complexity index is 938. The normalized spacial score (nSPS) is 24.4. The summed E-state index contributed by atoms with van der Waals surface area (Å²) >= 11 is 0. The second-order valence-corrected chi connectivity index (χ2v) is 8.61. The molecule has 9 nitrogen and oxygen atoms in total. The van der Waals surface area contributed by atoms with Crippen LogP contribution >= 0.6 is 0 Å². The quantitative estimate of drug-likeness (QED) is 0.291. The van der Waals surface area contributed by atoms with Gasteiger partial charge in [0, 0.05) is 23.8 Å². The average Bonchev–Trinajstić information content (AvgIpc) is 2.73. The lowest BCUT2D eigenvalue weighted by Gasteiger charge is -2.38. The molecule has 0 heterocycles. The third-order valence-corrected chi connectivity index (χ3v) is 5.95. The van der Waals surface area contributed by atoms with E-state index in [1.807, 2.05) is 13.8 Å². The van der Waals surface area contributed by atoms with Gasteiger partial charge in [0.05, 0.1) is 12.7 Å². The van der Waals surface area contributed by atoms with Crippen LogP contribution < -0.4 is 0 Å². The highest BCUT2D eigenvalue weighted by Gasteiger charge is 2.46. The minimum atomic E-state index is -4.53. The second kappa shape index (κ2) is 10.5. The zero-order chi connectivity index (χ0) is 23.2. The molecule has 1 aliphatic rings. The van der Waals surface area contributed by atoms with Crippen molar-refractivity contribution in [3.63, 3.8) is 0 Å². The van der Waals surface area contributed by atoms with Crippen molar-refractivity contribution >= 4 is 22.3 Å². The zero-order valence-corrected chi connectivity index (χ0v) is 18.6. The molecule has 0 aromatic heterocycles. The first-order valence-corrected chi connectivity index (χ1v) is 11.5. The molecule has 2 rings (SSSR count). The molecule has 10 heteroatoms. The number of carbonyl (C=O) groups excluding carboxylic acids is 1. The number of aliphatic hydroxyl groups is 2. The number of aliphatic imine (C=N–C) groups is 1. The third-order valence-electron chi connectivity index (χ3n) is 5.02. The van der Waals surface area contributed by atoms with Crippen LogP contribution in [0.4, 0.5) is 0 Å². The lowest BCUT2D eigenvalue weighted by atomic mass is 9.86. The summed E-state index contributed by atoms with van der Waals surface area (Å²) in [5.41, 5.74) is -2.08. The van der Waals surface area contributed by atoms with Gasteiger partial charge in [-0.05, 0) is 31.9 Å². The predicted octanol–water partition coefficient (Wildman–Crippen LogP) is 1.87. The standard InChI is InChI=1S/C21H29NO8S/c1-4-16(5-2)30-17-11-15(20(24)29-6-3)12-21(25,19(17)23)22-13-14-9-7-8-10-18(14)31(26,27)28/h7-11,13,16-17,19,23,25H,4-6,12H2,1-3H3,(H,26,27,28)/t17-,19+,21-/m1/s1. The van der Waals surface area contributed by atoms with Gasteiger partial charge in [0.25, 0.3) is 10.1 Å². The molecular formula is C21H29NO8S. The monoisotopic (exact) mass is 455 g/mol. The van der Waals surface area contributed by atoms with Crippen LogP contribution in [0, 0.1) is 0 Å². The first-order valence-electron chi connectivity index (χ1n) is 10.1. The van der Waals surface area contributed by atoms with Crippen LogP contribution in [0.2, 0.25) is 0 Å². The number of ether oxygens (including phenoxy) is 2. The summed E-state index contributed by atoms with van der Waals surface area (Å²) in [6, 6.07) is 5.51. The predicted molar refractivity (Wildman–Crippen MR) is 113 cm³/mol. The maximum Gasteiger partial charge on any atom is 0.333 e. The van der Waals surface area contributed by atoms with Gasteiger partial charge in [-0.1, -0.05) is 32.0 Å². The van der Waals surface area contributed by atoms with Gasteiger partial charge < -0.3 is 19.7 Å². The second-order valence-electron chi connectivity index (χ2n) is 7.22. The van der Waals surface area contributed by atoms with Gasteiger partial charge in [-0.3, -0.25) is 9.55 Å². The first-order chi connectivity index (χ1) is 14.6. The molecule has 0 radical (unpaired) electrons. The van der Waals surface area contributed by atoms with E-state index in [4.69, 9.17) is 9.47 Å². The number of esters is 1. The van der Waals surface area contributed by atoms with E-state index in [2.05, 4.69) is 4.99 Å². The van der Waals surface area contributed by atoms with Crippen molar-refractivity contribution in [3.8, 4) is 0 Å². The lowest BCUT2D eigenvalue weighted by Crippen LogP contribution is -2.52. The van der Waals surface area contributed by atoms with Gasteiger partial charge in [-0.25, -0.2) is 4.79 Å². The Morgan fingerprint density at radius 1 is 1.29 bits per heavy atom. The van der Waals surface area contributed by atoms with E-state index in [9.17, 15) is 28.0 Å². The summed E-state index contributed by atoms with van der Waals surface area (Å²) < 4.78 is 43.5. The summed E-state index contributed by atoms with van der Waals surface area (Å²) in [6.07, 6.45) is 0.645. The third kappa shape index (κ3) is 6.20. The highest BCUT2D eigenvalue weighted by molar-refractivity contribution is 7.86. The van der Waals surface area contributed by atoms with Gasteiger partial charge in [0.1, 0.15) is 17.1 Å². The largest absolute Gasteiger partial charge is 0.463 e. The molecular weight excluding hydrogens is 426 g/mol. The number of hydrogen-bond donors (Lipinski definition) is 3. The van der Waals surface area contributed by atoms with Crippen LogP contribution in [0.1, 0.15) is 45.6 Å². The molecule has 0 fully saturated rings.